The summed E-state index contributed by atoms with van der Waals surface area (Å²) >= 11 is 12.1. The number of likely N-dealkylation sites (tertiary alicyclic amines) is 1. The predicted octanol–water partition coefficient (Wildman–Crippen LogP) is 5.32. The molecule has 5 nitrogen and oxygen atoms in total. The first-order valence-electron chi connectivity index (χ1n) is 9.23. The van der Waals surface area contributed by atoms with Crippen LogP contribution in [-0.2, 0) is 11.3 Å². The summed E-state index contributed by atoms with van der Waals surface area (Å²) in [6.07, 6.45) is -2.74. The first kappa shape index (κ1) is 22.7. The van der Waals surface area contributed by atoms with E-state index in [2.05, 4.69) is 10.3 Å². The van der Waals surface area contributed by atoms with Crippen LogP contribution in [0.25, 0.3) is 0 Å². The van der Waals surface area contributed by atoms with Gasteiger partial charge in [0.25, 0.3) is 0 Å². The van der Waals surface area contributed by atoms with Gasteiger partial charge >= 0.3 is 12.1 Å². The van der Waals surface area contributed by atoms with Crippen LogP contribution in [0.15, 0.2) is 30.5 Å². The zero-order chi connectivity index (χ0) is 22.1. The molecule has 0 amide bonds. The number of alkyl halides is 3. The maximum atomic E-state index is 13.7. The van der Waals surface area contributed by atoms with E-state index >= 15 is 0 Å². The third-order valence-electron chi connectivity index (χ3n) is 5.09. The molecule has 3 rings (SSSR count). The molecule has 1 saturated heterocycles. The van der Waals surface area contributed by atoms with E-state index in [0.29, 0.717) is 47.2 Å². The molecule has 1 aromatic heterocycles. The maximum absolute atomic E-state index is 13.7. The molecule has 2 aromatic rings. The van der Waals surface area contributed by atoms with Crippen molar-refractivity contribution in [3.05, 3.63) is 57.2 Å². The van der Waals surface area contributed by atoms with Crippen molar-refractivity contribution >= 4 is 35.0 Å². The normalized spacial score (nSPS) is 18.4. The van der Waals surface area contributed by atoms with E-state index in [1.807, 2.05) is 4.90 Å². The molecule has 0 spiro atoms. The number of benzene rings is 1. The van der Waals surface area contributed by atoms with Gasteiger partial charge in [-0.1, -0.05) is 35.3 Å². The van der Waals surface area contributed by atoms with Crippen LogP contribution in [0.3, 0.4) is 0 Å². The van der Waals surface area contributed by atoms with Crippen LogP contribution >= 0.6 is 23.2 Å². The van der Waals surface area contributed by atoms with Gasteiger partial charge in [-0.25, -0.2) is 4.98 Å². The summed E-state index contributed by atoms with van der Waals surface area (Å²) in [5.74, 6) is -1.28. The minimum atomic E-state index is -4.56. The molecule has 1 aliphatic rings. The Hall–Kier alpha value is -2.03. The van der Waals surface area contributed by atoms with E-state index in [9.17, 15) is 18.0 Å². The summed E-state index contributed by atoms with van der Waals surface area (Å²) in [4.78, 5) is 17.0. The lowest BCUT2D eigenvalue weighted by atomic mass is 10.0. The van der Waals surface area contributed by atoms with Gasteiger partial charge in [0.15, 0.2) is 0 Å². The number of pyridine rings is 1. The van der Waals surface area contributed by atoms with Crippen LogP contribution in [-0.4, -0.2) is 40.2 Å². The molecule has 1 aromatic carbocycles. The largest absolute Gasteiger partial charge is 0.481 e. The molecule has 0 radical (unpaired) electrons. The molecule has 162 valence electrons. The Labute approximate surface area is 181 Å². The quantitative estimate of drug-likeness (QED) is 0.609. The number of aryl methyl sites for hydroxylation is 1. The van der Waals surface area contributed by atoms with E-state index in [0.717, 1.165) is 0 Å². The van der Waals surface area contributed by atoms with E-state index < -0.39 is 24.1 Å². The number of hydrogen-bond acceptors (Lipinski definition) is 4. The number of halogens is 5. The van der Waals surface area contributed by atoms with E-state index in [1.165, 1.54) is 30.5 Å². The average molecular weight is 462 g/mol. The zero-order valence-electron chi connectivity index (χ0n) is 16.0. The number of carboxylic acids is 1. The lowest BCUT2D eigenvalue weighted by Crippen LogP contribution is -2.28. The number of carbonyl (C=O) groups is 1. The fraction of sp³-hybridized carbons (Fsp3) is 0.400. The zero-order valence-corrected chi connectivity index (χ0v) is 17.5. The SMILES string of the molecule is Cc1cc(C(Nc2cc(CN3CCC(C(=O)O)C3)c(Cl)cn2)C(F)(F)F)ccc1Cl. The highest BCUT2D eigenvalue weighted by Gasteiger charge is 2.41. The van der Waals surface area contributed by atoms with Gasteiger partial charge in [0.1, 0.15) is 11.9 Å². The van der Waals surface area contributed by atoms with Crippen molar-refractivity contribution in [1.29, 1.82) is 0 Å². The van der Waals surface area contributed by atoms with Crippen LogP contribution in [0.1, 0.15) is 29.2 Å². The molecule has 0 saturated carbocycles. The summed E-state index contributed by atoms with van der Waals surface area (Å²) in [6.45, 7) is 2.91. The number of anilines is 1. The van der Waals surface area contributed by atoms with Gasteiger partial charge < -0.3 is 10.4 Å². The van der Waals surface area contributed by atoms with Crippen molar-refractivity contribution in [2.45, 2.75) is 32.1 Å². The third kappa shape index (κ3) is 5.36. The summed E-state index contributed by atoms with van der Waals surface area (Å²) in [7, 11) is 0. The maximum Gasteiger partial charge on any atom is 0.412 e. The standard InChI is InChI=1S/C20H20Cl2F3N3O2/c1-11-6-12(2-3-15(11)21)18(20(23,24)25)27-17-7-14(16(22)8-26-17)10-28-5-4-13(9-28)19(29)30/h2-3,6-8,13,18H,4-5,9-10H2,1H3,(H,26,27)(H,29,30). The molecule has 1 fully saturated rings. The Kier molecular flexibility index (Phi) is 6.79. The van der Waals surface area contributed by atoms with Gasteiger partial charge in [0.2, 0.25) is 0 Å². The highest BCUT2D eigenvalue weighted by atomic mass is 35.5. The highest BCUT2D eigenvalue weighted by Crippen LogP contribution is 2.37. The topological polar surface area (TPSA) is 65.5 Å². The summed E-state index contributed by atoms with van der Waals surface area (Å²) < 4.78 is 41.2. The Bertz CT molecular complexity index is 940. The van der Waals surface area contributed by atoms with Gasteiger partial charge in [0.05, 0.1) is 10.9 Å². The molecule has 2 unspecified atom stereocenters. The number of nitrogens with zero attached hydrogens (tertiary/aromatic N) is 2. The summed E-state index contributed by atoms with van der Waals surface area (Å²) in [5, 5.41) is 12.3. The monoisotopic (exact) mass is 461 g/mol. The molecule has 10 heteroatoms. The van der Waals surface area contributed by atoms with Crippen molar-refractivity contribution in [2.75, 3.05) is 18.4 Å². The highest BCUT2D eigenvalue weighted by molar-refractivity contribution is 6.31. The second-order valence-corrected chi connectivity index (χ2v) is 8.16. The van der Waals surface area contributed by atoms with Gasteiger partial charge in [0, 0.05) is 24.3 Å². The van der Waals surface area contributed by atoms with Gasteiger partial charge in [-0.3, -0.25) is 9.69 Å². The first-order chi connectivity index (χ1) is 14.0. The van der Waals surface area contributed by atoms with Crippen LogP contribution in [0.4, 0.5) is 19.0 Å². The van der Waals surface area contributed by atoms with Crippen molar-refractivity contribution in [3.63, 3.8) is 0 Å². The number of rotatable bonds is 6. The first-order valence-corrected chi connectivity index (χ1v) is 9.99. The van der Waals surface area contributed by atoms with Crippen molar-refractivity contribution < 1.29 is 23.1 Å². The molecule has 0 aliphatic carbocycles. The molecular formula is C20H20Cl2F3N3O2. The van der Waals surface area contributed by atoms with Crippen LogP contribution in [0, 0.1) is 12.8 Å². The Balaban J connectivity index is 1.81. The predicted molar refractivity (Wildman–Crippen MR) is 109 cm³/mol. The lowest BCUT2D eigenvalue weighted by molar-refractivity contribution is -0.144. The number of carboxylic acid groups (broad SMARTS) is 1. The van der Waals surface area contributed by atoms with Crippen molar-refractivity contribution in [2.24, 2.45) is 5.92 Å². The van der Waals surface area contributed by atoms with Gasteiger partial charge in [-0.2, -0.15) is 13.2 Å². The van der Waals surface area contributed by atoms with Crippen molar-refractivity contribution in [3.8, 4) is 0 Å². The Morgan fingerprint density at radius 3 is 2.67 bits per heavy atom. The Morgan fingerprint density at radius 1 is 1.33 bits per heavy atom. The van der Waals surface area contributed by atoms with E-state index in [1.54, 1.807) is 6.92 Å². The second-order valence-electron chi connectivity index (χ2n) is 7.35. The number of nitrogens with one attached hydrogen (secondary N) is 1. The minimum Gasteiger partial charge on any atom is -0.481 e. The lowest BCUT2D eigenvalue weighted by Gasteiger charge is -2.24. The Morgan fingerprint density at radius 2 is 2.07 bits per heavy atom. The van der Waals surface area contributed by atoms with Crippen LogP contribution < -0.4 is 5.32 Å². The summed E-state index contributed by atoms with van der Waals surface area (Å²) in [5.41, 5.74) is 1.14. The molecular weight excluding hydrogens is 442 g/mol. The number of aromatic nitrogens is 1. The van der Waals surface area contributed by atoms with E-state index in [-0.39, 0.29) is 11.4 Å². The van der Waals surface area contributed by atoms with Gasteiger partial charge in [-0.15, -0.1) is 0 Å². The second kappa shape index (κ2) is 8.99. The average Bonchev–Trinajstić information content (AvgIpc) is 3.12. The smallest absolute Gasteiger partial charge is 0.412 e. The van der Waals surface area contributed by atoms with Crippen LogP contribution in [0.5, 0.6) is 0 Å². The van der Waals surface area contributed by atoms with E-state index in [4.69, 9.17) is 28.3 Å². The van der Waals surface area contributed by atoms with Gasteiger partial charge in [-0.05, 0) is 48.7 Å². The molecule has 2 N–H and O–H groups in total. The molecule has 2 atom stereocenters. The van der Waals surface area contributed by atoms with Crippen molar-refractivity contribution in [1.82, 2.24) is 9.88 Å². The molecule has 30 heavy (non-hydrogen) atoms. The summed E-state index contributed by atoms with van der Waals surface area (Å²) in [6, 6.07) is 3.64. The third-order valence-corrected chi connectivity index (χ3v) is 5.85. The fourth-order valence-corrected chi connectivity index (χ4v) is 3.73. The minimum absolute atomic E-state index is 0.0199. The number of aliphatic carboxylic acids is 1. The van der Waals surface area contributed by atoms with Crippen LogP contribution in [0.2, 0.25) is 10.0 Å². The molecule has 2 heterocycles. The number of hydrogen-bond donors (Lipinski definition) is 2. The molecule has 1 aliphatic heterocycles. The molecule has 0 bridgehead atoms. The fourth-order valence-electron chi connectivity index (χ4n) is 3.45.